The molecule has 0 radical (unpaired) electrons. The van der Waals surface area contributed by atoms with Crippen molar-refractivity contribution >= 4 is 45.0 Å². The average Bonchev–Trinajstić information content (AvgIpc) is 2.99. The number of anilines is 1. The number of alkyl halides is 2. The number of hydrogen-bond donors (Lipinski definition) is 2. The van der Waals surface area contributed by atoms with Crippen LogP contribution < -0.4 is 14.8 Å². The van der Waals surface area contributed by atoms with Crippen LogP contribution in [-0.2, 0) is 24.3 Å². The van der Waals surface area contributed by atoms with Crippen LogP contribution in [0.15, 0.2) is 52.4 Å². The summed E-state index contributed by atoms with van der Waals surface area (Å²) in [4.78, 5) is 27.9. The number of halogens is 3. The van der Waals surface area contributed by atoms with Gasteiger partial charge >= 0.3 is 12.6 Å². The highest BCUT2D eigenvalue weighted by Gasteiger charge is 2.30. The first-order valence-corrected chi connectivity index (χ1v) is 10.9. The molecule has 2 aromatic rings. The summed E-state index contributed by atoms with van der Waals surface area (Å²) in [6.07, 6.45) is -0.188. The zero-order valence-corrected chi connectivity index (χ0v) is 17.8. The second kappa shape index (κ2) is 9.92. The fourth-order valence-corrected chi connectivity index (χ4v) is 4.17. The van der Waals surface area contributed by atoms with Crippen molar-refractivity contribution in [1.82, 2.24) is 4.72 Å². The van der Waals surface area contributed by atoms with Crippen molar-refractivity contribution in [3.05, 3.63) is 53.1 Å². The molecule has 3 rings (SSSR count). The molecule has 0 saturated heterocycles. The molecule has 1 heterocycles. The summed E-state index contributed by atoms with van der Waals surface area (Å²) in [7, 11) is -3.67. The topological polar surface area (TPSA) is 123 Å². The maximum absolute atomic E-state index is 12.2. The normalized spacial score (nSPS) is 15.2. The standard InChI is InChI=1S/C19H16ClF2N3O6S/c20-13-9-11(5-6-14(13)31-19(21)22)24-16(26)10-30-17(27)7-8-23-18-12-3-1-2-4-15(12)32(28,29)25-18/h1-6,9,19H,7-8,10H2,(H,23,25)(H,24,26). The second-order valence-electron chi connectivity index (χ2n) is 6.31. The van der Waals surface area contributed by atoms with E-state index in [1.165, 1.54) is 18.2 Å². The molecule has 0 spiro atoms. The lowest BCUT2D eigenvalue weighted by molar-refractivity contribution is -0.147. The van der Waals surface area contributed by atoms with E-state index in [0.29, 0.717) is 5.56 Å². The third-order valence-corrected chi connectivity index (χ3v) is 5.74. The van der Waals surface area contributed by atoms with Gasteiger partial charge in [-0.3, -0.25) is 19.3 Å². The number of amidine groups is 1. The Balaban J connectivity index is 1.46. The number of sulfonamides is 1. The highest BCUT2D eigenvalue weighted by atomic mass is 35.5. The monoisotopic (exact) mass is 487 g/mol. The van der Waals surface area contributed by atoms with Gasteiger partial charge in [0.25, 0.3) is 15.9 Å². The number of carbonyl (C=O) groups excluding carboxylic acids is 2. The van der Waals surface area contributed by atoms with Gasteiger partial charge in [-0.1, -0.05) is 23.7 Å². The van der Waals surface area contributed by atoms with Crippen LogP contribution in [0.3, 0.4) is 0 Å². The van der Waals surface area contributed by atoms with Crippen molar-refractivity contribution < 1.29 is 36.3 Å². The maximum Gasteiger partial charge on any atom is 0.387 e. The Kier molecular flexibility index (Phi) is 7.26. The summed E-state index contributed by atoms with van der Waals surface area (Å²) in [6.45, 7) is -3.70. The molecule has 0 unspecified atom stereocenters. The minimum atomic E-state index is -3.67. The first kappa shape index (κ1) is 23.4. The lowest BCUT2D eigenvalue weighted by Gasteiger charge is -2.10. The molecule has 9 nitrogen and oxygen atoms in total. The molecule has 0 aromatic heterocycles. The highest BCUT2D eigenvalue weighted by Crippen LogP contribution is 2.29. The summed E-state index contributed by atoms with van der Waals surface area (Å²) < 4.78 is 59.8. The average molecular weight is 488 g/mol. The molecular formula is C19H16ClF2N3O6S. The largest absolute Gasteiger partial charge is 0.456 e. The number of carbonyl (C=O) groups is 2. The Labute approximate surface area is 186 Å². The van der Waals surface area contributed by atoms with Crippen molar-refractivity contribution in [2.24, 2.45) is 4.99 Å². The van der Waals surface area contributed by atoms with E-state index in [-0.39, 0.29) is 40.2 Å². The number of ether oxygens (including phenoxy) is 2. The number of rotatable bonds is 8. The number of esters is 1. The first-order chi connectivity index (χ1) is 15.2. The van der Waals surface area contributed by atoms with E-state index in [2.05, 4.69) is 19.8 Å². The van der Waals surface area contributed by atoms with Crippen LogP contribution in [0.2, 0.25) is 5.02 Å². The molecule has 0 bridgehead atoms. The van der Waals surface area contributed by atoms with Gasteiger partial charge in [0.15, 0.2) is 6.61 Å². The fraction of sp³-hybridized carbons (Fsp3) is 0.211. The molecule has 0 aliphatic carbocycles. The van der Waals surface area contributed by atoms with Gasteiger partial charge in [-0.05, 0) is 30.3 Å². The third-order valence-electron chi connectivity index (χ3n) is 4.04. The summed E-state index contributed by atoms with van der Waals surface area (Å²) in [5.74, 6) is -1.53. The van der Waals surface area contributed by atoms with E-state index >= 15 is 0 Å². The third kappa shape index (κ3) is 5.92. The van der Waals surface area contributed by atoms with Crippen LogP contribution in [0.25, 0.3) is 0 Å². The molecule has 32 heavy (non-hydrogen) atoms. The Morgan fingerprint density at radius 2 is 1.94 bits per heavy atom. The van der Waals surface area contributed by atoms with Gasteiger partial charge in [0, 0.05) is 11.3 Å². The quantitative estimate of drug-likeness (QED) is 0.552. The summed E-state index contributed by atoms with van der Waals surface area (Å²) in [5.41, 5.74) is 0.597. The second-order valence-corrected chi connectivity index (χ2v) is 8.37. The zero-order chi connectivity index (χ0) is 23.3. The number of amides is 1. The van der Waals surface area contributed by atoms with Crippen molar-refractivity contribution in [2.45, 2.75) is 17.9 Å². The number of hydrogen-bond acceptors (Lipinski definition) is 7. The van der Waals surface area contributed by atoms with Crippen molar-refractivity contribution in [3.63, 3.8) is 0 Å². The number of nitrogens with zero attached hydrogens (tertiary/aromatic N) is 1. The number of benzene rings is 2. The highest BCUT2D eigenvalue weighted by molar-refractivity contribution is 7.90. The van der Waals surface area contributed by atoms with Crippen molar-refractivity contribution in [3.8, 4) is 5.75 Å². The summed E-state index contributed by atoms with van der Waals surface area (Å²) in [5, 5.41) is 2.26. The van der Waals surface area contributed by atoms with E-state index in [1.54, 1.807) is 18.2 Å². The molecule has 2 N–H and O–H groups in total. The van der Waals surface area contributed by atoms with Crippen LogP contribution in [0.4, 0.5) is 14.5 Å². The summed E-state index contributed by atoms with van der Waals surface area (Å²) >= 11 is 5.79. The maximum atomic E-state index is 12.2. The lowest BCUT2D eigenvalue weighted by Crippen LogP contribution is -2.23. The van der Waals surface area contributed by atoms with Crippen LogP contribution in [0, 0.1) is 0 Å². The molecule has 2 aromatic carbocycles. The lowest BCUT2D eigenvalue weighted by atomic mass is 10.2. The number of aliphatic imine (C=N–C) groups is 1. The Hall–Kier alpha value is -3.25. The molecule has 1 aliphatic heterocycles. The van der Waals surface area contributed by atoms with E-state index < -0.39 is 35.1 Å². The van der Waals surface area contributed by atoms with Gasteiger partial charge in [-0.15, -0.1) is 0 Å². The van der Waals surface area contributed by atoms with Gasteiger partial charge in [-0.2, -0.15) is 8.78 Å². The SMILES string of the molecule is O=C(COC(=O)CCN=C1NS(=O)(=O)c2ccccc21)Nc1ccc(OC(F)F)c(Cl)c1. The predicted octanol–water partition coefficient (Wildman–Crippen LogP) is 2.55. The molecule has 0 saturated carbocycles. The van der Waals surface area contributed by atoms with Gasteiger partial charge in [0.1, 0.15) is 11.6 Å². The van der Waals surface area contributed by atoms with Crippen molar-refractivity contribution in [1.29, 1.82) is 0 Å². The molecule has 1 aliphatic rings. The van der Waals surface area contributed by atoms with Gasteiger partial charge in [0.2, 0.25) is 0 Å². The van der Waals surface area contributed by atoms with Gasteiger partial charge in [0.05, 0.1) is 22.9 Å². The predicted molar refractivity (Wildman–Crippen MR) is 110 cm³/mol. The number of fused-ring (bicyclic) bond motifs is 1. The molecule has 170 valence electrons. The molecule has 0 atom stereocenters. The zero-order valence-electron chi connectivity index (χ0n) is 16.2. The smallest absolute Gasteiger partial charge is 0.387 e. The van der Waals surface area contributed by atoms with Crippen LogP contribution in [-0.4, -0.2) is 45.9 Å². The minimum Gasteiger partial charge on any atom is -0.456 e. The molecule has 1 amide bonds. The molecule has 0 fully saturated rings. The Morgan fingerprint density at radius 3 is 2.66 bits per heavy atom. The van der Waals surface area contributed by atoms with E-state index in [0.717, 1.165) is 6.07 Å². The Bertz CT molecular complexity index is 1170. The Morgan fingerprint density at radius 1 is 1.19 bits per heavy atom. The van der Waals surface area contributed by atoms with Crippen molar-refractivity contribution in [2.75, 3.05) is 18.5 Å². The van der Waals surface area contributed by atoms with E-state index in [9.17, 15) is 26.8 Å². The molecule has 13 heteroatoms. The van der Waals surface area contributed by atoms with Gasteiger partial charge in [-0.25, -0.2) is 8.42 Å². The first-order valence-electron chi connectivity index (χ1n) is 9.02. The molecular weight excluding hydrogens is 472 g/mol. The fourth-order valence-electron chi connectivity index (χ4n) is 2.70. The minimum absolute atomic E-state index is 0.0617. The van der Waals surface area contributed by atoms with Crippen LogP contribution >= 0.6 is 11.6 Å². The van der Waals surface area contributed by atoms with E-state index in [4.69, 9.17) is 16.3 Å². The van der Waals surface area contributed by atoms with E-state index in [1.807, 2.05) is 0 Å². The summed E-state index contributed by atoms with van der Waals surface area (Å²) in [6, 6.07) is 9.94. The van der Waals surface area contributed by atoms with Crippen LogP contribution in [0.5, 0.6) is 5.75 Å². The number of nitrogens with one attached hydrogen (secondary N) is 2. The van der Waals surface area contributed by atoms with Gasteiger partial charge < -0.3 is 14.8 Å². The van der Waals surface area contributed by atoms with Crippen LogP contribution in [0.1, 0.15) is 12.0 Å².